The number of rotatable bonds is 4. The van der Waals surface area contributed by atoms with E-state index in [0.29, 0.717) is 6.54 Å². The first-order chi connectivity index (χ1) is 10.0. The second-order valence-corrected chi connectivity index (χ2v) is 5.31. The van der Waals surface area contributed by atoms with Crippen LogP contribution < -0.4 is 4.74 Å². The highest BCUT2D eigenvalue weighted by atomic mass is 16.5. The Labute approximate surface area is 126 Å². The first kappa shape index (κ1) is 15.1. The van der Waals surface area contributed by atoms with Gasteiger partial charge in [-0.25, -0.2) is 0 Å². The van der Waals surface area contributed by atoms with Gasteiger partial charge in [0.2, 0.25) is 0 Å². The van der Waals surface area contributed by atoms with Gasteiger partial charge in [-0.2, -0.15) is 0 Å². The molecule has 0 spiro atoms. The fourth-order valence-electron chi connectivity index (χ4n) is 2.17. The van der Waals surface area contributed by atoms with E-state index < -0.39 is 0 Å². The van der Waals surface area contributed by atoms with Crippen molar-refractivity contribution in [2.45, 2.75) is 20.4 Å². The van der Waals surface area contributed by atoms with Crippen LogP contribution in [-0.4, -0.2) is 25.0 Å². The average Bonchev–Trinajstić information content (AvgIpc) is 2.50. The molecule has 0 fully saturated rings. The smallest absolute Gasteiger partial charge is 0.253 e. The maximum absolute atomic E-state index is 12.4. The normalized spacial score (nSPS) is 10.3. The van der Waals surface area contributed by atoms with Crippen LogP contribution >= 0.6 is 0 Å². The fraction of sp³-hybridized carbons (Fsp3) is 0.278. The Hall–Kier alpha value is -2.29. The largest absolute Gasteiger partial charge is 0.497 e. The second kappa shape index (κ2) is 6.44. The summed E-state index contributed by atoms with van der Waals surface area (Å²) in [5.74, 6) is 0.857. The SMILES string of the molecule is COc1ccc(CN(C)C(=O)c2ccc(C)c(C)c2)cc1. The maximum atomic E-state index is 12.4. The molecule has 0 atom stereocenters. The molecule has 0 aromatic heterocycles. The van der Waals surface area contributed by atoms with Gasteiger partial charge in [-0.1, -0.05) is 18.2 Å². The molecule has 1 amide bonds. The van der Waals surface area contributed by atoms with Crippen molar-refractivity contribution < 1.29 is 9.53 Å². The van der Waals surface area contributed by atoms with Gasteiger partial charge >= 0.3 is 0 Å². The zero-order chi connectivity index (χ0) is 15.4. The van der Waals surface area contributed by atoms with Crippen LogP contribution in [-0.2, 0) is 6.54 Å². The van der Waals surface area contributed by atoms with E-state index in [2.05, 4.69) is 0 Å². The van der Waals surface area contributed by atoms with Gasteiger partial charge in [-0.05, 0) is 54.8 Å². The van der Waals surface area contributed by atoms with Gasteiger partial charge in [0.25, 0.3) is 5.91 Å². The molecule has 0 saturated heterocycles. The van der Waals surface area contributed by atoms with Crippen molar-refractivity contribution in [2.75, 3.05) is 14.2 Å². The summed E-state index contributed by atoms with van der Waals surface area (Å²) < 4.78 is 5.13. The number of nitrogens with zero attached hydrogens (tertiary/aromatic N) is 1. The Morgan fingerprint density at radius 2 is 1.71 bits per heavy atom. The molecule has 21 heavy (non-hydrogen) atoms. The quantitative estimate of drug-likeness (QED) is 0.858. The molecule has 0 aliphatic rings. The topological polar surface area (TPSA) is 29.5 Å². The van der Waals surface area contributed by atoms with Crippen LogP contribution in [0, 0.1) is 13.8 Å². The number of carbonyl (C=O) groups is 1. The molecule has 0 heterocycles. The highest BCUT2D eigenvalue weighted by Gasteiger charge is 2.12. The Bertz CT molecular complexity index is 632. The highest BCUT2D eigenvalue weighted by molar-refractivity contribution is 5.94. The summed E-state index contributed by atoms with van der Waals surface area (Å²) in [4.78, 5) is 14.2. The predicted molar refractivity (Wildman–Crippen MR) is 84.7 cm³/mol. The van der Waals surface area contributed by atoms with Crippen molar-refractivity contribution >= 4 is 5.91 Å². The van der Waals surface area contributed by atoms with E-state index in [4.69, 9.17) is 4.74 Å². The third kappa shape index (κ3) is 3.63. The number of hydrogen-bond donors (Lipinski definition) is 0. The Kier molecular flexibility index (Phi) is 4.63. The molecule has 2 rings (SSSR count). The monoisotopic (exact) mass is 283 g/mol. The standard InChI is InChI=1S/C18H21NO2/c1-13-5-8-16(11-14(13)2)18(20)19(3)12-15-6-9-17(21-4)10-7-15/h5-11H,12H2,1-4H3. The number of ether oxygens (including phenoxy) is 1. The van der Waals surface area contributed by atoms with Crippen molar-refractivity contribution in [3.8, 4) is 5.75 Å². The van der Waals surface area contributed by atoms with Gasteiger partial charge in [0.15, 0.2) is 0 Å². The third-order valence-corrected chi connectivity index (χ3v) is 3.68. The van der Waals surface area contributed by atoms with E-state index in [1.165, 1.54) is 5.56 Å². The molecule has 2 aromatic carbocycles. The molecule has 0 unspecified atom stereocenters. The number of amides is 1. The van der Waals surface area contributed by atoms with Crippen molar-refractivity contribution in [1.82, 2.24) is 4.90 Å². The molecule has 3 nitrogen and oxygen atoms in total. The van der Waals surface area contributed by atoms with Crippen molar-refractivity contribution in [2.24, 2.45) is 0 Å². The van der Waals surface area contributed by atoms with Crippen LogP contribution in [0.2, 0.25) is 0 Å². The first-order valence-electron chi connectivity index (χ1n) is 6.97. The van der Waals surface area contributed by atoms with Gasteiger partial charge in [-0.3, -0.25) is 4.79 Å². The average molecular weight is 283 g/mol. The minimum atomic E-state index is 0.0360. The summed E-state index contributed by atoms with van der Waals surface area (Å²) in [5, 5.41) is 0. The van der Waals surface area contributed by atoms with Gasteiger partial charge < -0.3 is 9.64 Å². The van der Waals surface area contributed by atoms with E-state index in [1.807, 2.05) is 63.4 Å². The van der Waals surface area contributed by atoms with Crippen molar-refractivity contribution in [3.05, 3.63) is 64.7 Å². The molecule has 0 aliphatic heterocycles. The molecular weight excluding hydrogens is 262 g/mol. The molecule has 0 bridgehead atoms. The predicted octanol–water partition coefficient (Wildman–Crippen LogP) is 3.58. The van der Waals surface area contributed by atoms with Gasteiger partial charge in [-0.15, -0.1) is 0 Å². The van der Waals surface area contributed by atoms with Crippen LogP contribution in [0.5, 0.6) is 5.75 Å². The van der Waals surface area contributed by atoms with Crippen LogP contribution in [0.25, 0.3) is 0 Å². The minimum Gasteiger partial charge on any atom is -0.497 e. The van der Waals surface area contributed by atoms with E-state index in [9.17, 15) is 4.79 Å². The van der Waals surface area contributed by atoms with E-state index in [-0.39, 0.29) is 5.91 Å². The zero-order valence-corrected chi connectivity index (χ0v) is 13.0. The van der Waals surface area contributed by atoms with E-state index in [0.717, 1.165) is 22.4 Å². The number of aryl methyl sites for hydroxylation is 2. The lowest BCUT2D eigenvalue weighted by Crippen LogP contribution is -2.26. The molecule has 0 radical (unpaired) electrons. The lowest BCUT2D eigenvalue weighted by molar-refractivity contribution is 0.0785. The van der Waals surface area contributed by atoms with E-state index in [1.54, 1.807) is 12.0 Å². The van der Waals surface area contributed by atoms with Crippen molar-refractivity contribution in [1.29, 1.82) is 0 Å². The molecule has 0 aliphatic carbocycles. The third-order valence-electron chi connectivity index (χ3n) is 3.68. The number of carbonyl (C=O) groups excluding carboxylic acids is 1. The molecule has 0 saturated carbocycles. The lowest BCUT2D eigenvalue weighted by atomic mass is 10.1. The van der Waals surface area contributed by atoms with Gasteiger partial charge in [0.1, 0.15) is 5.75 Å². The summed E-state index contributed by atoms with van der Waals surface area (Å²) in [6, 6.07) is 13.6. The molecular formula is C18H21NO2. The van der Waals surface area contributed by atoms with Crippen LogP contribution in [0.15, 0.2) is 42.5 Å². The summed E-state index contributed by atoms with van der Waals surface area (Å²) in [7, 11) is 3.46. The number of methoxy groups -OCH3 is 1. The number of hydrogen-bond acceptors (Lipinski definition) is 2. The highest BCUT2D eigenvalue weighted by Crippen LogP contribution is 2.15. The van der Waals surface area contributed by atoms with E-state index >= 15 is 0 Å². The Morgan fingerprint density at radius 1 is 1.05 bits per heavy atom. The fourth-order valence-corrected chi connectivity index (χ4v) is 2.17. The van der Waals surface area contributed by atoms with Gasteiger partial charge in [0.05, 0.1) is 7.11 Å². The summed E-state index contributed by atoms with van der Waals surface area (Å²) in [6.45, 7) is 4.65. The first-order valence-corrected chi connectivity index (χ1v) is 6.97. The lowest BCUT2D eigenvalue weighted by Gasteiger charge is -2.18. The summed E-state index contributed by atoms with van der Waals surface area (Å²) >= 11 is 0. The zero-order valence-electron chi connectivity index (χ0n) is 13.0. The summed E-state index contributed by atoms with van der Waals surface area (Å²) in [6.07, 6.45) is 0. The van der Waals surface area contributed by atoms with Crippen LogP contribution in [0.1, 0.15) is 27.0 Å². The maximum Gasteiger partial charge on any atom is 0.253 e. The molecule has 2 aromatic rings. The number of benzene rings is 2. The molecule has 3 heteroatoms. The Morgan fingerprint density at radius 3 is 2.29 bits per heavy atom. The van der Waals surface area contributed by atoms with Crippen LogP contribution in [0.4, 0.5) is 0 Å². The van der Waals surface area contributed by atoms with Crippen molar-refractivity contribution in [3.63, 3.8) is 0 Å². The Balaban J connectivity index is 2.09. The summed E-state index contributed by atoms with van der Waals surface area (Å²) in [5.41, 5.74) is 4.15. The second-order valence-electron chi connectivity index (χ2n) is 5.31. The molecule has 110 valence electrons. The molecule has 0 N–H and O–H groups in total. The minimum absolute atomic E-state index is 0.0360. The van der Waals surface area contributed by atoms with Crippen LogP contribution in [0.3, 0.4) is 0 Å². The van der Waals surface area contributed by atoms with Gasteiger partial charge in [0, 0.05) is 19.2 Å².